The van der Waals surface area contributed by atoms with Crippen LogP contribution in [-0.4, -0.2) is 26.4 Å². The van der Waals surface area contributed by atoms with Crippen LogP contribution in [0.25, 0.3) is 0 Å². The summed E-state index contributed by atoms with van der Waals surface area (Å²) in [5.41, 5.74) is 2.30. The Bertz CT molecular complexity index is 983. The van der Waals surface area contributed by atoms with Crippen LogP contribution in [0.15, 0.2) is 60.7 Å². The number of ether oxygens (including phenoxy) is 4. The highest BCUT2D eigenvalue weighted by molar-refractivity contribution is 5.21. The lowest BCUT2D eigenvalue weighted by Crippen LogP contribution is -2.33. The zero-order chi connectivity index (χ0) is 38.8. The van der Waals surface area contributed by atoms with E-state index in [1.54, 1.807) is 0 Å². The van der Waals surface area contributed by atoms with E-state index in [4.69, 9.17) is 18.9 Å². The van der Waals surface area contributed by atoms with Gasteiger partial charge in [0.25, 0.3) is 0 Å². The summed E-state index contributed by atoms with van der Waals surface area (Å²) in [6.45, 7) is 13.3. The molecule has 4 nitrogen and oxygen atoms in total. The largest absolute Gasteiger partial charge is 0.346 e. The summed E-state index contributed by atoms with van der Waals surface area (Å²) in [5, 5.41) is 0. The molecule has 0 unspecified atom stereocenters. The fourth-order valence-electron chi connectivity index (χ4n) is 8.48. The van der Waals surface area contributed by atoms with Crippen molar-refractivity contribution in [2.75, 3.05) is 26.4 Å². The van der Waals surface area contributed by atoms with E-state index in [1.807, 2.05) is 0 Å². The maximum atomic E-state index is 6.26. The molecule has 2 aromatic rings. The van der Waals surface area contributed by atoms with E-state index < -0.39 is 11.6 Å². The summed E-state index contributed by atoms with van der Waals surface area (Å²) in [7, 11) is 0. The third kappa shape index (κ3) is 20.4. The predicted octanol–water partition coefficient (Wildman–Crippen LogP) is 15.6. The van der Waals surface area contributed by atoms with Gasteiger partial charge in [-0.25, -0.2) is 0 Å². The fourth-order valence-corrected chi connectivity index (χ4v) is 8.48. The minimum atomic E-state index is -0.598. The molecule has 0 spiro atoms. The molecule has 2 rings (SSSR count). The van der Waals surface area contributed by atoms with Crippen LogP contribution in [0.1, 0.15) is 213 Å². The van der Waals surface area contributed by atoms with E-state index in [0.29, 0.717) is 26.4 Å². The number of hydrogen-bond donors (Lipinski definition) is 0. The van der Waals surface area contributed by atoms with Crippen LogP contribution >= 0.6 is 0 Å². The first kappa shape index (κ1) is 48.4. The van der Waals surface area contributed by atoms with Crippen LogP contribution in [0.2, 0.25) is 0 Å². The van der Waals surface area contributed by atoms with Crippen molar-refractivity contribution in [3.05, 3.63) is 71.8 Å². The van der Waals surface area contributed by atoms with Crippen molar-refractivity contribution >= 4 is 0 Å². The zero-order valence-electron chi connectivity index (χ0n) is 36.2. The fraction of sp³-hybridized carbons (Fsp3) is 0.760. The Morgan fingerprint density at radius 1 is 0.352 bits per heavy atom. The topological polar surface area (TPSA) is 36.9 Å². The van der Waals surface area contributed by atoms with Gasteiger partial charge in [-0.1, -0.05) is 209 Å². The molecule has 0 aliphatic rings. The van der Waals surface area contributed by atoms with Crippen LogP contribution in [-0.2, 0) is 30.5 Å². The molecule has 2 aromatic carbocycles. The van der Waals surface area contributed by atoms with Crippen molar-refractivity contribution in [2.24, 2.45) is 5.92 Å². The summed E-state index contributed by atoms with van der Waals surface area (Å²) in [6.07, 6.45) is 34.7. The minimum Gasteiger partial charge on any atom is -0.346 e. The van der Waals surface area contributed by atoms with Gasteiger partial charge in [0.05, 0.1) is 0 Å². The Morgan fingerprint density at radius 2 is 0.630 bits per heavy atom. The van der Waals surface area contributed by atoms with Crippen LogP contribution in [0.5, 0.6) is 0 Å². The van der Waals surface area contributed by atoms with Gasteiger partial charge in [0.1, 0.15) is 0 Å². The average Bonchev–Trinajstić information content (AvgIpc) is 3.19. The van der Waals surface area contributed by atoms with Crippen molar-refractivity contribution in [3.63, 3.8) is 0 Å². The Morgan fingerprint density at radius 3 is 0.926 bits per heavy atom. The molecule has 0 radical (unpaired) electrons. The number of benzene rings is 2. The minimum absolute atomic E-state index is 0.598. The van der Waals surface area contributed by atoms with E-state index in [9.17, 15) is 0 Å². The van der Waals surface area contributed by atoms with Crippen molar-refractivity contribution in [2.45, 2.75) is 213 Å². The molecular formula is C50H86O4. The van der Waals surface area contributed by atoms with Gasteiger partial charge < -0.3 is 18.9 Å². The van der Waals surface area contributed by atoms with Crippen LogP contribution in [0.4, 0.5) is 0 Å². The Labute approximate surface area is 335 Å². The molecule has 4 heteroatoms. The normalized spacial score (nSPS) is 12.3. The van der Waals surface area contributed by atoms with Gasteiger partial charge in [0.15, 0.2) is 11.6 Å². The molecule has 0 N–H and O–H groups in total. The second kappa shape index (κ2) is 32.4. The van der Waals surface area contributed by atoms with E-state index in [1.165, 1.54) is 141 Å². The highest BCUT2D eigenvalue weighted by Gasteiger charge is 2.34. The van der Waals surface area contributed by atoms with E-state index in [2.05, 4.69) is 95.3 Å². The monoisotopic (exact) mass is 751 g/mol. The molecule has 0 aromatic heterocycles. The first-order valence-electron chi connectivity index (χ1n) is 23.3. The lowest BCUT2D eigenvalue weighted by atomic mass is 9.89. The summed E-state index contributed by atoms with van der Waals surface area (Å²) < 4.78 is 25.1. The smallest absolute Gasteiger partial charge is 0.194 e. The van der Waals surface area contributed by atoms with Crippen LogP contribution in [0.3, 0.4) is 0 Å². The SMILES string of the molecule is CCCCCCCCCC(CCCCCCCCCC(OCC)(OCC)c1ccccc1)CCCCCCCCCC(OCC)(OCC)c1ccccc1. The molecule has 54 heavy (non-hydrogen) atoms. The van der Waals surface area contributed by atoms with Gasteiger partial charge in [-0.15, -0.1) is 0 Å². The Hall–Kier alpha value is -1.72. The lowest BCUT2D eigenvalue weighted by molar-refractivity contribution is -0.247. The number of hydrogen-bond acceptors (Lipinski definition) is 4. The van der Waals surface area contributed by atoms with E-state index in [-0.39, 0.29) is 0 Å². The number of rotatable bonds is 38. The van der Waals surface area contributed by atoms with Gasteiger partial charge >= 0.3 is 0 Å². The molecule has 0 saturated heterocycles. The van der Waals surface area contributed by atoms with Crippen LogP contribution < -0.4 is 0 Å². The summed E-state index contributed by atoms with van der Waals surface area (Å²) in [6, 6.07) is 21.1. The average molecular weight is 751 g/mol. The molecule has 0 amide bonds. The van der Waals surface area contributed by atoms with Gasteiger partial charge in [0.2, 0.25) is 0 Å². The van der Waals surface area contributed by atoms with Crippen LogP contribution in [0, 0.1) is 5.92 Å². The van der Waals surface area contributed by atoms with Gasteiger partial charge in [0, 0.05) is 50.4 Å². The summed E-state index contributed by atoms with van der Waals surface area (Å²) in [4.78, 5) is 0. The third-order valence-corrected chi connectivity index (χ3v) is 11.4. The summed E-state index contributed by atoms with van der Waals surface area (Å²) in [5.74, 6) is -0.258. The summed E-state index contributed by atoms with van der Waals surface area (Å²) >= 11 is 0. The van der Waals surface area contributed by atoms with Crippen molar-refractivity contribution < 1.29 is 18.9 Å². The molecule has 0 fully saturated rings. The second-order valence-electron chi connectivity index (χ2n) is 15.8. The first-order chi connectivity index (χ1) is 26.6. The van der Waals surface area contributed by atoms with E-state index >= 15 is 0 Å². The van der Waals surface area contributed by atoms with Crippen molar-refractivity contribution in [1.82, 2.24) is 0 Å². The highest BCUT2D eigenvalue weighted by Crippen LogP contribution is 2.35. The molecule has 310 valence electrons. The standard InChI is InChI=1S/C50H86O4/c1-6-11-12-13-16-21-28-37-46(38-29-22-17-14-19-24-35-44-49(51-7-2,52-8-3)47-40-31-26-32-41-47)39-30-23-18-15-20-25-36-45-50(53-9-4,54-10-5)48-42-33-27-34-43-48/h26-27,31-34,40-43,46H,6-25,28-30,35-39,44-45H2,1-5H3. The maximum absolute atomic E-state index is 6.26. The molecule has 0 aliphatic heterocycles. The Balaban J connectivity index is 1.66. The lowest BCUT2D eigenvalue weighted by Gasteiger charge is -2.34. The molecule has 0 saturated carbocycles. The van der Waals surface area contributed by atoms with Gasteiger partial charge in [-0.3, -0.25) is 0 Å². The highest BCUT2D eigenvalue weighted by atomic mass is 16.7. The van der Waals surface area contributed by atoms with Gasteiger partial charge in [-0.05, 0) is 46.5 Å². The molecular weight excluding hydrogens is 665 g/mol. The first-order valence-corrected chi connectivity index (χ1v) is 23.3. The quantitative estimate of drug-likeness (QED) is 0.0506. The van der Waals surface area contributed by atoms with Crippen molar-refractivity contribution in [1.29, 1.82) is 0 Å². The van der Waals surface area contributed by atoms with E-state index in [0.717, 1.165) is 42.7 Å². The molecule has 0 aliphatic carbocycles. The predicted molar refractivity (Wildman–Crippen MR) is 232 cm³/mol. The zero-order valence-corrected chi connectivity index (χ0v) is 36.2. The molecule has 0 heterocycles. The third-order valence-electron chi connectivity index (χ3n) is 11.4. The maximum Gasteiger partial charge on any atom is 0.194 e. The van der Waals surface area contributed by atoms with Crippen molar-refractivity contribution in [3.8, 4) is 0 Å². The number of unbranched alkanes of at least 4 members (excludes halogenated alkanes) is 18. The molecule has 0 atom stereocenters. The molecule has 0 bridgehead atoms. The van der Waals surface area contributed by atoms with Gasteiger partial charge in [-0.2, -0.15) is 0 Å². The Kier molecular flexibility index (Phi) is 29.0. The second-order valence-corrected chi connectivity index (χ2v) is 15.8.